The van der Waals surface area contributed by atoms with Crippen molar-refractivity contribution in [2.75, 3.05) is 5.73 Å². The lowest BCUT2D eigenvalue weighted by Gasteiger charge is -2.12. The second-order valence-corrected chi connectivity index (χ2v) is 8.90. The molecule has 2 aromatic rings. The van der Waals surface area contributed by atoms with E-state index in [0.717, 1.165) is 0 Å². The van der Waals surface area contributed by atoms with Crippen molar-refractivity contribution in [1.29, 1.82) is 0 Å². The zero-order chi connectivity index (χ0) is 17.6. The Hall–Kier alpha value is -1.90. The van der Waals surface area contributed by atoms with Crippen LogP contribution in [0.15, 0.2) is 45.0 Å². The second-order valence-electron chi connectivity index (χ2n) is 5.45. The SMILES string of the molecule is Cc1cc(S(=O)(=O)c2ccc(S(N)(=O)=O)c(C)c2)c(C)cc1N. The molecule has 0 atom stereocenters. The predicted molar refractivity (Wildman–Crippen MR) is 88.3 cm³/mol. The molecule has 8 heteroatoms. The maximum absolute atomic E-state index is 12.8. The zero-order valence-corrected chi connectivity index (χ0v) is 14.6. The highest BCUT2D eigenvalue weighted by atomic mass is 32.2. The standard InChI is InChI=1S/C15H18N2O4S2/c1-9-8-15(11(3)7-13(9)16)22(18,19)12-4-5-14(10(2)6-12)23(17,20)21/h4-8H,16H2,1-3H3,(H2,17,20,21). The average Bonchev–Trinajstić information content (AvgIpc) is 2.41. The zero-order valence-electron chi connectivity index (χ0n) is 13.0. The molecule has 0 saturated heterocycles. The average molecular weight is 354 g/mol. The summed E-state index contributed by atoms with van der Waals surface area (Å²) < 4.78 is 48.5. The summed E-state index contributed by atoms with van der Waals surface area (Å²) in [5.41, 5.74) is 7.77. The summed E-state index contributed by atoms with van der Waals surface area (Å²) in [6.45, 7) is 4.89. The first-order valence-corrected chi connectivity index (χ1v) is 9.73. The van der Waals surface area contributed by atoms with Crippen molar-refractivity contribution in [3.8, 4) is 0 Å². The fourth-order valence-corrected chi connectivity index (χ4v) is 4.75. The van der Waals surface area contributed by atoms with E-state index in [2.05, 4.69) is 0 Å². The molecule has 0 bridgehead atoms. The quantitative estimate of drug-likeness (QED) is 0.812. The number of anilines is 1. The third-order valence-corrected chi connectivity index (χ3v) is 6.58. The lowest BCUT2D eigenvalue weighted by Crippen LogP contribution is -2.14. The van der Waals surface area contributed by atoms with Gasteiger partial charge in [0.1, 0.15) is 0 Å². The van der Waals surface area contributed by atoms with Gasteiger partial charge < -0.3 is 5.73 Å². The Bertz CT molecular complexity index is 994. The molecule has 0 fully saturated rings. The van der Waals surface area contributed by atoms with Crippen molar-refractivity contribution in [3.63, 3.8) is 0 Å². The summed E-state index contributed by atoms with van der Waals surface area (Å²) in [6, 6.07) is 6.88. The molecule has 0 heterocycles. The Morgan fingerprint density at radius 1 is 0.783 bits per heavy atom. The highest BCUT2D eigenvalue weighted by Crippen LogP contribution is 2.29. The van der Waals surface area contributed by atoms with Crippen LogP contribution < -0.4 is 10.9 Å². The van der Waals surface area contributed by atoms with Crippen molar-refractivity contribution in [2.45, 2.75) is 35.5 Å². The van der Waals surface area contributed by atoms with Gasteiger partial charge in [0.15, 0.2) is 0 Å². The van der Waals surface area contributed by atoms with Gasteiger partial charge in [-0.2, -0.15) is 0 Å². The Kier molecular flexibility index (Phi) is 4.27. The van der Waals surface area contributed by atoms with Crippen LogP contribution in [0, 0.1) is 20.8 Å². The number of nitrogens with two attached hydrogens (primary N) is 2. The number of aryl methyl sites for hydroxylation is 3. The second kappa shape index (κ2) is 5.63. The summed E-state index contributed by atoms with van der Waals surface area (Å²) in [5, 5.41) is 5.10. The van der Waals surface area contributed by atoms with Crippen LogP contribution in [0.3, 0.4) is 0 Å². The predicted octanol–water partition coefficient (Wildman–Crippen LogP) is 1.67. The highest BCUT2D eigenvalue weighted by molar-refractivity contribution is 7.91. The lowest BCUT2D eigenvalue weighted by molar-refractivity contribution is 0.592. The van der Waals surface area contributed by atoms with E-state index >= 15 is 0 Å². The number of sulfone groups is 1. The number of primary sulfonamides is 1. The summed E-state index contributed by atoms with van der Waals surface area (Å²) in [4.78, 5) is 0.0586. The fourth-order valence-electron chi connectivity index (χ4n) is 2.34. The van der Waals surface area contributed by atoms with Crippen LogP contribution >= 0.6 is 0 Å². The monoisotopic (exact) mass is 354 g/mol. The molecule has 6 nitrogen and oxygen atoms in total. The molecular weight excluding hydrogens is 336 g/mol. The van der Waals surface area contributed by atoms with Gasteiger partial charge in [-0.15, -0.1) is 0 Å². The molecule has 4 N–H and O–H groups in total. The smallest absolute Gasteiger partial charge is 0.238 e. The summed E-state index contributed by atoms with van der Waals surface area (Å²) >= 11 is 0. The maximum atomic E-state index is 12.8. The summed E-state index contributed by atoms with van der Waals surface area (Å²) in [7, 11) is -7.68. The van der Waals surface area contributed by atoms with Crippen LogP contribution in [0.2, 0.25) is 0 Å². The van der Waals surface area contributed by atoms with E-state index < -0.39 is 19.9 Å². The van der Waals surface area contributed by atoms with Gasteiger partial charge in [0, 0.05) is 5.69 Å². The van der Waals surface area contributed by atoms with Gasteiger partial charge >= 0.3 is 0 Å². The number of hydrogen-bond donors (Lipinski definition) is 2. The van der Waals surface area contributed by atoms with Crippen molar-refractivity contribution >= 4 is 25.5 Å². The maximum Gasteiger partial charge on any atom is 0.238 e. The van der Waals surface area contributed by atoms with Crippen LogP contribution in [-0.2, 0) is 19.9 Å². The van der Waals surface area contributed by atoms with Crippen LogP contribution in [0.5, 0.6) is 0 Å². The third-order valence-electron chi connectivity index (χ3n) is 3.62. The van der Waals surface area contributed by atoms with Crippen LogP contribution in [0.25, 0.3) is 0 Å². The van der Waals surface area contributed by atoms with Crippen LogP contribution in [-0.4, -0.2) is 16.8 Å². The molecule has 23 heavy (non-hydrogen) atoms. The molecule has 0 aliphatic carbocycles. The van der Waals surface area contributed by atoms with E-state index in [-0.39, 0.29) is 20.2 Å². The largest absolute Gasteiger partial charge is 0.399 e. The molecule has 2 aromatic carbocycles. The van der Waals surface area contributed by atoms with Gasteiger partial charge in [0.25, 0.3) is 0 Å². The summed E-state index contributed by atoms with van der Waals surface area (Å²) in [6.07, 6.45) is 0. The Morgan fingerprint density at radius 3 is 1.87 bits per heavy atom. The van der Waals surface area contributed by atoms with Crippen LogP contribution in [0.1, 0.15) is 16.7 Å². The number of sulfonamides is 1. The Morgan fingerprint density at radius 2 is 1.35 bits per heavy atom. The van der Waals surface area contributed by atoms with Gasteiger partial charge in [0.05, 0.1) is 14.7 Å². The Balaban J connectivity index is 2.66. The fraction of sp³-hybridized carbons (Fsp3) is 0.200. The van der Waals surface area contributed by atoms with Gasteiger partial charge in [-0.05, 0) is 67.8 Å². The molecule has 0 aromatic heterocycles. The van der Waals surface area contributed by atoms with E-state index in [9.17, 15) is 16.8 Å². The minimum Gasteiger partial charge on any atom is -0.399 e. The first-order valence-electron chi connectivity index (χ1n) is 6.70. The van der Waals surface area contributed by atoms with Gasteiger partial charge in [-0.1, -0.05) is 0 Å². The molecule has 0 aliphatic rings. The topological polar surface area (TPSA) is 120 Å². The third kappa shape index (κ3) is 3.24. The number of rotatable bonds is 3. The van der Waals surface area contributed by atoms with Gasteiger partial charge in [0.2, 0.25) is 19.9 Å². The summed E-state index contributed by atoms with van der Waals surface area (Å²) in [5.74, 6) is 0. The number of nitrogen functional groups attached to an aromatic ring is 1. The van der Waals surface area contributed by atoms with E-state index in [4.69, 9.17) is 10.9 Å². The minimum absolute atomic E-state index is 0.00896. The minimum atomic E-state index is -3.89. The number of benzene rings is 2. The molecule has 0 radical (unpaired) electrons. The van der Waals surface area contributed by atoms with Gasteiger partial charge in [-0.25, -0.2) is 22.0 Å². The van der Waals surface area contributed by atoms with E-state index in [1.807, 2.05) is 0 Å². The van der Waals surface area contributed by atoms with E-state index in [0.29, 0.717) is 16.8 Å². The highest BCUT2D eigenvalue weighted by Gasteiger charge is 2.23. The molecular formula is C15H18N2O4S2. The van der Waals surface area contributed by atoms with Crippen molar-refractivity contribution in [2.24, 2.45) is 5.14 Å². The molecule has 2 rings (SSSR count). The van der Waals surface area contributed by atoms with Crippen molar-refractivity contribution in [3.05, 3.63) is 47.0 Å². The van der Waals surface area contributed by atoms with E-state index in [1.54, 1.807) is 19.9 Å². The first-order chi connectivity index (χ1) is 10.4. The first kappa shape index (κ1) is 17.5. The molecule has 0 unspecified atom stereocenters. The van der Waals surface area contributed by atoms with Crippen molar-refractivity contribution < 1.29 is 16.8 Å². The van der Waals surface area contributed by atoms with Crippen molar-refractivity contribution in [1.82, 2.24) is 0 Å². The lowest BCUT2D eigenvalue weighted by atomic mass is 10.1. The van der Waals surface area contributed by atoms with Crippen LogP contribution in [0.4, 0.5) is 5.69 Å². The molecule has 0 aliphatic heterocycles. The van der Waals surface area contributed by atoms with E-state index in [1.165, 1.54) is 31.2 Å². The molecule has 124 valence electrons. The molecule has 0 spiro atoms. The normalized spacial score (nSPS) is 12.3. The van der Waals surface area contributed by atoms with Gasteiger partial charge in [-0.3, -0.25) is 0 Å². The number of hydrogen-bond acceptors (Lipinski definition) is 5. The molecule has 0 amide bonds. The Labute approximate surface area is 136 Å². The molecule has 0 saturated carbocycles.